The number of aromatic nitrogens is 3. The highest BCUT2D eigenvalue weighted by atomic mass is 127. The molecule has 0 radical (unpaired) electrons. The maximum Gasteiger partial charge on any atom is 0.310 e. The van der Waals surface area contributed by atoms with Crippen LogP contribution in [-0.4, -0.2) is 14.8 Å². The lowest BCUT2D eigenvalue weighted by atomic mass is 9.82. The molecule has 1 aliphatic carbocycles. The van der Waals surface area contributed by atoms with Crippen molar-refractivity contribution >= 4 is 43.8 Å². The molecule has 1 fully saturated rings. The fourth-order valence-corrected chi connectivity index (χ4v) is 4.35. The van der Waals surface area contributed by atoms with E-state index in [0.29, 0.717) is 23.7 Å². The van der Waals surface area contributed by atoms with E-state index in [-0.39, 0.29) is 5.69 Å². The van der Waals surface area contributed by atoms with Crippen molar-refractivity contribution in [1.29, 1.82) is 0 Å². The molecule has 2 heterocycles. The first-order chi connectivity index (χ1) is 11.9. The molecule has 3 nitrogen and oxygen atoms in total. The second-order valence-electron chi connectivity index (χ2n) is 6.38. The number of fused-ring (bicyclic) bond motifs is 1. The zero-order valence-corrected chi connectivity index (χ0v) is 16.2. The van der Waals surface area contributed by atoms with E-state index in [1.807, 2.05) is 6.07 Å². The van der Waals surface area contributed by atoms with Crippen LogP contribution < -0.4 is 0 Å². The van der Waals surface area contributed by atoms with Crippen LogP contribution >= 0.6 is 32.8 Å². The number of pyridine rings is 1. The van der Waals surface area contributed by atoms with E-state index in [2.05, 4.69) is 32.7 Å². The van der Waals surface area contributed by atoms with E-state index >= 15 is 0 Å². The predicted octanol–water partition coefficient (Wildman–Crippen LogP) is 6.95. The third-order valence-electron chi connectivity index (χ3n) is 4.56. The van der Waals surface area contributed by atoms with Crippen LogP contribution in [0, 0.1) is 3.57 Å². The van der Waals surface area contributed by atoms with Crippen molar-refractivity contribution in [3.05, 3.63) is 45.8 Å². The Morgan fingerprint density at radius 3 is 2.19 bits per heavy atom. The maximum atomic E-state index is 12.9. The van der Waals surface area contributed by atoms with Gasteiger partial charge in [-0.2, -0.15) is 5.10 Å². The number of benzene rings is 1. The summed E-state index contributed by atoms with van der Waals surface area (Å²) in [4.78, 5) is 2.40. The van der Waals surface area contributed by atoms with Crippen molar-refractivity contribution < 1.29 is 19.4 Å². The third-order valence-corrected chi connectivity index (χ3v) is 6.63. The summed E-state index contributed by atoms with van der Waals surface area (Å²) in [5, 5.41) is 5.43. The highest BCUT2D eigenvalue weighted by molar-refractivity contribution is 14.1. The summed E-state index contributed by atoms with van der Waals surface area (Å²) in [6.45, 7) is 0. The Labute approximate surface area is 159 Å². The minimum absolute atomic E-state index is 0.265. The van der Waals surface area contributed by atoms with Gasteiger partial charge in [0.15, 0.2) is 5.65 Å². The van der Waals surface area contributed by atoms with Gasteiger partial charge in [0, 0.05) is 15.7 Å². The fraction of sp³-hybridized carbons (Fsp3) is 0.250. The van der Waals surface area contributed by atoms with E-state index in [0.717, 1.165) is 46.0 Å². The standard InChI is InChI=1S/C16H13F5IN3S/c17-26(18,19,20,21)12-6-4-11(5-7-12)25-16-14(13(22)8-9-23-16)15(24-25)10-2-1-3-10/h4-10H,1-3H2. The lowest BCUT2D eigenvalue weighted by Gasteiger charge is -2.40. The SMILES string of the molecule is FS(F)(F)(F)(F)c1ccc(-n2nc(C3CCC3)c3c(I)ccnc32)cc1. The first-order valence-corrected chi connectivity index (χ1v) is 10.8. The highest BCUT2D eigenvalue weighted by Gasteiger charge is 2.65. The summed E-state index contributed by atoms with van der Waals surface area (Å²) in [6.07, 6.45) is 4.70. The van der Waals surface area contributed by atoms with Crippen molar-refractivity contribution in [2.45, 2.75) is 30.1 Å². The minimum atomic E-state index is -9.69. The van der Waals surface area contributed by atoms with Gasteiger partial charge in [-0.05, 0) is 65.8 Å². The first kappa shape index (κ1) is 18.0. The normalized spacial score (nSPS) is 18.4. The molecule has 0 unspecified atom stereocenters. The summed E-state index contributed by atoms with van der Waals surface area (Å²) in [6, 6.07) is 4.66. The Balaban J connectivity index is 1.87. The topological polar surface area (TPSA) is 30.7 Å². The van der Waals surface area contributed by atoms with Crippen LogP contribution in [0.4, 0.5) is 19.4 Å². The largest absolute Gasteiger partial charge is 0.310 e. The number of hydrogen-bond acceptors (Lipinski definition) is 2. The molecule has 26 heavy (non-hydrogen) atoms. The summed E-state index contributed by atoms with van der Waals surface area (Å²) in [5.41, 5.74) is 1.64. The van der Waals surface area contributed by atoms with E-state index < -0.39 is 15.1 Å². The van der Waals surface area contributed by atoms with Gasteiger partial charge in [0.2, 0.25) is 0 Å². The van der Waals surface area contributed by atoms with E-state index in [1.165, 1.54) is 4.68 Å². The van der Waals surface area contributed by atoms with Crippen molar-refractivity contribution in [3.8, 4) is 5.69 Å². The Morgan fingerprint density at radius 1 is 1.00 bits per heavy atom. The Morgan fingerprint density at radius 2 is 1.65 bits per heavy atom. The van der Waals surface area contributed by atoms with Gasteiger partial charge in [-0.1, -0.05) is 25.8 Å². The zero-order chi connectivity index (χ0) is 18.8. The molecule has 1 aromatic carbocycles. The lowest BCUT2D eigenvalue weighted by molar-refractivity contribution is 0.364. The van der Waals surface area contributed by atoms with Gasteiger partial charge >= 0.3 is 10.2 Å². The van der Waals surface area contributed by atoms with Crippen LogP contribution in [0.15, 0.2) is 41.4 Å². The Kier molecular flexibility index (Phi) is 3.52. The smallest absolute Gasteiger partial charge is 0.236 e. The molecule has 0 atom stereocenters. The first-order valence-electron chi connectivity index (χ1n) is 7.82. The molecule has 0 bridgehead atoms. The van der Waals surface area contributed by atoms with Crippen LogP contribution in [-0.2, 0) is 0 Å². The molecular weight excluding hydrogens is 488 g/mol. The molecule has 10 heteroatoms. The summed E-state index contributed by atoms with van der Waals surface area (Å²) in [7, 11) is -9.69. The van der Waals surface area contributed by atoms with E-state index in [1.54, 1.807) is 6.20 Å². The number of halogens is 6. The summed E-state index contributed by atoms with van der Waals surface area (Å²) < 4.78 is 67.0. The molecule has 2 aromatic heterocycles. The Bertz CT molecular complexity index is 1010. The van der Waals surface area contributed by atoms with Gasteiger partial charge in [0.25, 0.3) is 0 Å². The molecule has 0 amide bonds. The van der Waals surface area contributed by atoms with Crippen molar-refractivity contribution in [3.63, 3.8) is 0 Å². The van der Waals surface area contributed by atoms with Crippen molar-refractivity contribution in [1.82, 2.24) is 14.8 Å². The quantitative estimate of drug-likeness (QED) is 0.287. The minimum Gasteiger partial charge on any atom is -0.236 e. The van der Waals surface area contributed by atoms with Crippen LogP contribution in [0.5, 0.6) is 0 Å². The zero-order valence-electron chi connectivity index (χ0n) is 13.2. The van der Waals surface area contributed by atoms with Gasteiger partial charge in [0.1, 0.15) is 4.90 Å². The molecule has 0 aliphatic heterocycles. The van der Waals surface area contributed by atoms with Gasteiger partial charge in [-0.15, -0.1) is 0 Å². The number of hydrogen-bond donors (Lipinski definition) is 0. The second-order valence-corrected chi connectivity index (χ2v) is 9.95. The summed E-state index contributed by atoms with van der Waals surface area (Å²) in [5.74, 6) is 0.292. The molecule has 4 rings (SSSR count). The van der Waals surface area contributed by atoms with Crippen LogP contribution in [0.2, 0.25) is 0 Å². The molecule has 1 saturated carbocycles. The highest BCUT2D eigenvalue weighted by Crippen LogP contribution is 3.02. The molecule has 0 spiro atoms. The van der Waals surface area contributed by atoms with Gasteiger partial charge < -0.3 is 0 Å². The molecule has 0 N–H and O–H groups in total. The average Bonchev–Trinajstić information content (AvgIpc) is 2.84. The summed E-state index contributed by atoms with van der Waals surface area (Å²) >= 11 is 2.17. The molecule has 3 aromatic rings. The molecular formula is C16H13F5IN3S. The second kappa shape index (κ2) is 5.09. The Hall–Kier alpha value is -1.43. The maximum absolute atomic E-state index is 12.9. The number of rotatable bonds is 3. The van der Waals surface area contributed by atoms with Gasteiger partial charge in [0.05, 0.1) is 16.8 Å². The van der Waals surface area contributed by atoms with Gasteiger partial charge in [-0.3, -0.25) is 0 Å². The van der Waals surface area contributed by atoms with Crippen LogP contribution in [0.3, 0.4) is 0 Å². The lowest BCUT2D eigenvalue weighted by Crippen LogP contribution is -2.10. The van der Waals surface area contributed by atoms with Crippen LogP contribution in [0.25, 0.3) is 16.7 Å². The molecule has 140 valence electrons. The number of nitrogens with zero attached hydrogens (tertiary/aromatic N) is 3. The van der Waals surface area contributed by atoms with Gasteiger partial charge in [-0.25, -0.2) is 9.67 Å². The van der Waals surface area contributed by atoms with E-state index in [9.17, 15) is 19.4 Å². The van der Waals surface area contributed by atoms with Crippen LogP contribution in [0.1, 0.15) is 30.9 Å². The average molecular weight is 501 g/mol. The third kappa shape index (κ3) is 3.06. The molecule has 1 aliphatic rings. The molecule has 0 saturated heterocycles. The van der Waals surface area contributed by atoms with Crippen molar-refractivity contribution in [2.24, 2.45) is 0 Å². The fourth-order valence-electron chi connectivity index (χ4n) is 3.02. The van der Waals surface area contributed by atoms with Crippen molar-refractivity contribution in [2.75, 3.05) is 0 Å². The predicted molar refractivity (Wildman–Crippen MR) is 99.6 cm³/mol. The monoisotopic (exact) mass is 501 g/mol. The van der Waals surface area contributed by atoms with E-state index in [4.69, 9.17) is 0 Å².